The Hall–Kier alpha value is -2.54. The van der Waals surface area contributed by atoms with Crippen molar-refractivity contribution >= 4 is 34.4 Å². The van der Waals surface area contributed by atoms with Crippen LogP contribution in [0.3, 0.4) is 0 Å². The minimum Gasteiger partial charge on any atom is -0.310 e. The molecular formula is C20H24ClN5O2. The number of nitrogens with zero attached hydrogens (tertiary/aromatic N) is 5. The van der Waals surface area contributed by atoms with Crippen molar-refractivity contribution in [1.29, 1.82) is 0 Å². The van der Waals surface area contributed by atoms with Crippen LogP contribution in [0.1, 0.15) is 32.6 Å². The average molecular weight is 402 g/mol. The first-order valence-electron chi connectivity index (χ1n) is 9.76. The van der Waals surface area contributed by atoms with Gasteiger partial charge in [0, 0.05) is 37.4 Å². The molecule has 1 aliphatic heterocycles. The number of benzene rings is 1. The van der Waals surface area contributed by atoms with Crippen LogP contribution in [0.25, 0.3) is 11.2 Å². The normalized spacial score (nSPS) is 13.5. The van der Waals surface area contributed by atoms with Crippen molar-refractivity contribution in [1.82, 2.24) is 18.7 Å². The van der Waals surface area contributed by atoms with Crippen LogP contribution in [-0.2, 0) is 20.1 Å². The van der Waals surface area contributed by atoms with Gasteiger partial charge in [0.2, 0.25) is 5.95 Å². The average Bonchev–Trinajstić information content (AvgIpc) is 3.26. The van der Waals surface area contributed by atoms with Gasteiger partial charge in [0.1, 0.15) is 0 Å². The summed E-state index contributed by atoms with van der Waals surface area (Å²) in [5.74, 6) is 0.688. The van der Waals surface area contributed by atoms with Crippen molar-refractivity contribution in [2.45, 2.75) is 45.7 Å². The summed E-state index contributed by atoms with van der Waals surface area (Å²) in [5, 5.41) is 0.671. The van der Waals surface area contributed by atoms with E-state index in [4.69, 9.17) is 11.6 Å². The molecule has 3 heterocycles. The minimum absolute atomic E-state index is 0.244. The summed E-state index contributed by atoms with van der Waals surface area (Å²) in [6, 6.07) is 7.53. The number of aromatic nitrogens is 4. The maximum absolute atomic E-state index is 13.1. The number of imidazole rings is 1. The Bertz CT molecular complexity index is 1130. The SMILES string of the molecule is CCCCCCn1c(=O)c2c(nc3n2CCN3c2ccc(Cl)cc2)n(C)c1=O. The molecule has 28 heavy (non-hydrogen) atoms. The van der Waals surface area contributed by atoms with Gasteiger partial charge in [-0.05, 0) is 30.7 Å². The second kappa shape index (κ2) is 7.47. The van der Waals surface area contributed by atoms with E-state index >= 15 is 0 Å². The zero-order valence-corrected chi connectivity index (χ0v) is 16.9. The van der Waals surface area contributed by atoms with Gasteiger partial charge in [0.15, 0.2) is 11.2 Å². The Labute approximate surface area is 167 Å². The lowest BCUT2D eigenvalue weighted by Crippen LogP contribution is -2.39. The fraction of sp³-hybridized carbons (Fsp3) is 0.450. The van der Waals surface area contributed by atoms with Gasteiger partial charge in [0.25, 0.3) is 5.56 Å². The number of unbranched alkanes of at least 4 members (excludes halogenated alkanes) is 3. The summed E-state index contributed by atoms with van der Waals surface area (Å²) >= 11 is 6.00. The summed E-state index contributed by atoms with van der Waals surface area (Å²) in [5.41, 5.74) is 1.36. The van der Waals surface area contributed by atoms with Crippen molar-refractivity contribution in [3.05, 3.63) is 50.1 Å². The molecule has 1 aliphatic rings. The summed E-state index contributed by atoms with van der Waals surface area (Å²) in [6.07, 6.45) is 4.06. The number of hydrogen-bond donors (Lipinski definition) is 0. The molecule has 1 aromatic carbocycles. The molecule has 7 nitrogen and oxygen atoms in total. The topological polar surface area (TPSA) is 65.1 Å². The zero-order chi connectivity index (χ0) is 19.8. The second-order valence-corrected chi connectivity index (χ2v) is 7.66. The van der Waals surface area contributed by atoms with Gasteiger partial charge in [-0.2, -0.15) is 4.98 Å². The van der Waals surface area contributed by atoms with Gasteiger partial charge in [0.05, 0.1) is 0 Å². The first-order chi connectivity index (χ1) is 13.5. The molecule has 0 radical (unpaired) electrons. The first kappa shape index (κ1) is 18.8. The van der Waals surface area contributed by atoms with Gasteiger partial charge < -0.3 is 9.47 Å². The van der Waals surface area contributed by atoms with E-state index in [9.17, 15) is 9.59 Å². The van der Waals surface area contributed by atoms with Crippen molar-refractivity contribution in [2.24, 2.45) is 7.05 Å². The number of aryl methyl sites for hydroxylation is 1. The van der Waals surface area contributed by atoms with Gasteiger partial charge >= 0.3 is 5.69 Å². The van der Waals surface area contributed by atoms with E-state index < -0.39 is 0 Å². The number of rotatable bonds is 6. The highest BCUT2D eigenvalue weighted by atomic mass is 35.5. The number of halogens is 1. The summed E-state index contributed by atoms with van der Waals surface area (Å²) in [4.78, 5) is 32.6. The molecule has 0 unspecified atom stereocenters. The lowest BCUT2D eigenvalue weighted by atomic mass is 10.2. The molecule has 0 spiro atoms. The lowest BCUT2D eigenvalue weighted by Gasteiger charge is -2.15. The van der Waals surface area contributed by atoms with Crippen LogP contribution in [-0.4, -0.2) is 25.2 Å². The highest BCUT2D eigenvalue weighted by Gasteiger charge is 2.28. The number of hydrogen-bond acceptors (Lipinski definition) is 4. The number of anilines is 2. The van der Waals surface area contributed by atoms with E-state index in [1.54, 1.807) is 7.05 Å². The highest BCUT2D eigenvalue weighted by molar-refractivity contribution is 6.30. The predicted octanol–water partition coefficient (Wildman–Crippen LogP) is 3.28. The maximum Gasteiger partial charge on any atom is 0.332 e. The van der Waals surface area contributed by atoms with Crippen LogP contribution in [0.2, 0.25) is 5.02 Å². The molecule has 0 saturated carbocycles. The van der Waals surface area contributed by atoms with Crippen LogP contribution in [0.15, 0.2) is 33.9 Å². The third-order valence-electron chi connectivity index (χ3n) is 5.37. The van der Waals surface area contributed by atoms with Gasteiger partial charge in [-0.1, -0.05) is 37.8 Å². The Morgan fingerprint density at radius 2 is 1.82 bits per heavy atom. The molecule has 4 rings (SSSR count). The van der Waals surface area contributed by atoms with E-state index in [1.807, 2.05) is 33.7 Å². The Kier molecular flexibility index (Phi) is 5.02. The van der Waals surface area contributed by atoms with Crippen LogP contribution in [0, 0.1) is 0 Å². The molecule has 0 aliphatic carbocycles. The van der Waals surface area contributed by atoms with E-state index in [0.29, 0.717) is 35.2 Å². The minimum atomic E-state index is -0.302. The molecular weight excluding hydrogens is 378 g/mol. The second-order valence-electron chi connectivity index (χ2n) is 7.22. The van der Waals surface area contributed by atoms with Gasteiger partial charge in [-0.15, -0.1) is 0 Å². The largest absolute Gasteiger partial charge is 0.332 e. The fourth-order valence-corrected chi connectivity index (χ4v) is 3.96. The standard InChI is InChI=1S/C20H24ClN5O2/c1-3-4-5-6-11-26-18(27)16-17(23(2)20(26)28)22-19-24(12-13-25(16)19)15-9-7-14(21)8-10-15/h7-10H,3-6,11-13H2,1-2H3. The third kappa shape index (κ3) is 3.03. The predicted molar refractivity (Wildman–Crippen MR) is 112 cm³/mol. The van der Waals surface area contributed by atoms with E-state index in [2.05, 4.69) is 11.9 Å². The molecule has 0 bridgehead atoms. The maximum atomic E-state index is 13.1. The molecule has 0 amide bonds. The molecule has 0 fully saturated rings. The molecule has 8 heteroatoms. The van der Waals surface area contributed by atoms with Crippen molar-refractivity contribution in [3.63, 3.8) is 0 Å². The summed E-state index contributed by atoms with van der Waals surface area (Å²) in [7, 11) is 1.68. The highest BCUT2D eigenvalue weighted by Crippen LogP contribution is 2.32. The van der Waals surface area contributed by atoms with E-state index in [1.165, 1.54) is 9.13 Å². The molecule has 148 valence electrons. The molecule has 2 aromatic heterocycles. The molecule has 3 aromatic rings. The first-order valence-corrected chi connectivity index (χ1v) is 10.1. The zero-order valence-electron chi connectivity index (χ0n) is 16.2. The Morgan fingerprint density at radius 3 is 2.54 bits per heavy atom. The van der Waals surface area contributed by atoms with E-state index in [0.717, 1.165) is 37.9 Å². The third-order valence-corrected chi connectivity index (χ3v) is 5.63. The molecule has 0 N–H and O–H groups in total. The molecule has 0 atom stereocenters. The van der Waals surface area contributed by atoms with Crippen molar-refractivity contribution in [2.75, 3.05) is 11.4 Å². The smallest absolute Gasteiger partial charge is 0.310 e. The molecule has 0 saturated heterocycles. The van der Waals surface area contributed by atoms with Crippen molar-refractivity contribution < 1.29 is 0 Å². The van der Waals surface area contributed by atoms with Crippen LogP contribution >= 0.6 is 11.6 Å². The lowest BCUT2D eigenvalue weighted by molar-refractivity contribution is 0.538. The monoisotopic (exact) mass is 401 g/mol. The Morgan fingerprint density at radius 1 is 1.07 bits per heavy atom. The number of fused-ring (bicyclic) bond motifs is 3. The van der Waals surface area contributed by atoms with Crippen LogP contribution < -0.4 is 16.1 Å². The van der Waals surface area contributed by atoms with E-state index in [-0.39, 0.29) is 11.2 Å². The van der Waals surface area contributed by atoms with Gasteiger partial charge in [-0.3, -0.25) is 13.9 Å². The summed E-state index contributed by atoms with van der Waals surface area (Å²) < 4.78 is 4.77. The quantitative estimate of drug-likeness (QED) is 0.594. The van der Waals surface area contributed by atoms with Crippen LogP contribution in [0.4, 0.5) is 11.6 Å². The summed E-state index contributed by atoms with van der Waals surface area (Å²) in [6.45, 7) is 3.96. The van der Waals surface area contributed by atoms with Gasteiger partial charge in [-0.25, -0.2) is 4.79 Å². The Balaban J connectivity index is 1.79. The van der Waals surface area contributed by atoms with Crippen molar-refractivity contribution in [3.8, 4) is 0 Å². The fourth-order valence-electron chi connectivity index (χ4n) is 3.84. The van der Waals surface area contributed by atoms with Crippen LogP contribution in [0.5, 0.6) is 0 Å².